The van der Waals surface area contributed by atoms with Crippen molar-refractivity contribution in [1.29, 1.82) is 0 Å². The highest BCUT2D eigenvalue weighted by molar-refractivity contribution is 9.10. The number of rotatable bonds is 5. The predicted molar refractivity (Wildman–Crippen MR) is 101 cm³/mol. The average molecular weight is 537 g/mol. The minimum absolute atomic E-state index is 0.163. The first-order valence-corrected chi connectivity index (χ1v) is 10.8. The summed E-state index contributed by atoms with van der Waals surface area (Å²) < 4.78 is 71.1. The van der Waals surface area contributed by atoms with E-state index in [0.29, 0.717) is 0 Å². The molecule has 1 aliphatic carbocycles. The number of halogens is 6. The number of carbonyl (C=O) groups is 1. The van der Waals surface area contributed by atoms with Crippen LogP contribution in [0.3, 0.4) is 0 Å². The standard InChI is InChI=1S/C15H11BrCl2F3N3O4S/c1-28-6-2-3-8(17)10(4-6)29(26,27)23-13(25)11-12(16)24(14(18)22-11)9-5-7(9)15(19,20)21/h2-4,7,9H,5H2,1H3,(H,23,25)/t7-,9-/m0/s1. The molecule has 3 rings (SSSR count). The molecule has 0 bridgehead atoms. The fourth-order valence-electron chi connectivity index (χ4n) is 2.67. The van der Waals surface area contributed by atoms with Crippen LogP contribution in [0.15, 0.2) is 27.7 Å². The van der Waals surface area contributed by atoms with Crippen LogP contribution in [0.25, 0.3) is 0 Å². The second-order valence-corrected chi connectivity index (χ2v) is 9.22. The van der Waals surface area contributed by atoms with Crippen molar-refractivity contribution in [3.63, 3.8) is 0 Å². The van der Waals surface area contributed by atoms with Crippen LogP contribution >= 0.6 is 39.1 Å². The van der Waals surface area contributed by atoms with E-state index in [1.165, 1.54) is 19.2 Å². The van der Waals surface area contributed by atoms with Gasteiger partial charge in [-0.3, -0.25) is 4.79 Å². The van der Waals surface area contributed by atoms with E-state index in [-0.39, 0.29) is 27.1 Å². The van der Waals surface area contributed by atoms with Crippen LogP contribution in [0.1, 0.15) is 23.0 Å². The summed E-state index contributed by atoms with van der Waals surface area (Å²) in [6, 6.07) is 2.77. The summed E-state index contributed by atoms with van der Waals surface area (Å²) >= 11 is 14.8. The maximum absolute atomic E-state index is 12.8. The van der Waals surface area contributed by atoms with Crippen LogP contribution in [0, 0.1) is 5.92 Å². The first-order valence-electron chi connectivity index (χ1n) is 7.77. The Morgan fingerprint density at radius 2 is 2.03 bits per heavy atom. The molecule has 0 aliphatic heterocycles. The van der Waals surface area contributed by atoms with Crippen LogP contribution in [0.4, 0.5) is 13.2 Å². The number of ether oxygens (including phenoxy) is 1. The molecular weight excluding hydrogens is 526 g/mol. The maximum atomic E-state index is 12.8. The monoisotopic (exact) mass is 535 g/mol. The molecule has 7 nitrogen and oxygen atoms in total. The summed E-state index contributed by atoms with van der Waals surface area (Å²) in [6.07, 6.45) is -4.65. The van der Waals surface area contributed by atoms with Crippen molar-refractivity contribution in [2.24, 2.45) is 5.92 Å². The lowest BCUT2D eigenvalue weighted by molar-refractivity contribution is -0.150. The molecule has 29 heavy (non-hydrogen) atoms. The van der Waals surface area contributed by atoms with Gasteiger partial charge in [0.25, 0.3) is 15.9 Å². The molecule has 158 valence electrons. The number of nitrogens with one attached hydrogen (secondary N) is 1. The van der Waals surface area contributed by atoms with Gasteiger partial charge in [-0.2, -0.15) is 13.2 Å². The third kappa shape index (κ3) is 4.35. The Balaban J connectivity index is 1.88. The lowest BCUT2D eigenvalue weighted by Crippen LogP contribution is -2.31. The van der Waals surface area contributed by atoms with E-state index in [0.717, 1.165) is 10.6 Å². The summed E-state index contributed by atoms with van der Waals surface area (Å²) in [4.78, 5) is 15.7. The van der Waals surface area contributed by atoms with Crippen molar-refractivity contribution in [1.82, 2.24) is 14.3 Å². The first-order chi connectivity index (χ1) is 13.4. The van der Waals surface area contributed by atoms with Crippen molar-refractivity contribution < 1.29 is 31.1 Å². The molecule has 2 atom stereocenters. The molecule has 1 amide bonds. The molecule has 14 heteroatoms. The van der Waals surface area contributed by atoms with Gasteiger partial charge >= 0.3 is 6.18 Å². The van der Waals surface area contributed by atoms with Gasteiger partial charge in [0.15, 0.2) is 5.69 Å². The summed E-state index contributed by atoms with van der Waals surface area (Å²) in [6.45, 7) is 0. The van der Waals surface area contributed by atoms with E-state index in [2.05, 4.69) is 20.9 Å². The molecule has 1 heterocycles. The summed E-state index contributed by atoms with van der Waals surface area (Å²) in [5, 5.41) is -0.546. The van der Waals surface area contributed by atoms with Gasteiger partial charge in [-0.25, -0.2) is 18.1 Å². The minimum Gasteiger partial charge on any atom is -0.497 e. The van der Waals surface area contributed by atoms with Gasteiger partial charge < -0.3 is 9.30 Å². The number of amides is 1. The number of methoxy groups -OCH3 is 1. The second-order valence-electron chi connectivity index (χ2n) is 6.07. The van der Waals surface area contributed by atoms with E-state index in [1.807, 2.05) is 0 Å². The average Bonchev–Trinajstić information content (AvgIpc) is 3.34. The molecule has 1 saturated carbocycles. The van der Waals surface area contributed by atoms with Crippen molar-refractivity contribution in [3.05, 3.63) is 38.8 Å². The number of carbonyl (C=O) groups excluding carboxylic acids is 1. The Bertz CT molecular complexity index is 1090. The molecule has 1 aromatic carbocycles. The highest BCUT2D eigenvalue weighted by atomic mass is 79.9. The number of imidazole rings is 1. The molecule has 1 aromatic heterocycles. The predicted octanol–water partition coefficient (Wildman–Crippen LogP) is 4.20. The number of sulfonamides is 1. The van der Waals surface area contributed by atoms with Gasteiger partial charge in [0, 0.05) is 12.1 Å². The zero-order valence-electron chi connectivity index (χ0n) is 14.3. The quantitative estimate of drug-likeness (QED) is 0.618. The highest BCUT2D eigenvalue weighted by Crippen LogP contribution is 2.55. The van der Waals surface area contributed by atoms with Crippen LogP contribution in [-0.4, -0.2) is 37.2 Å². The summed E-state index contributed by atoms with van der Waals surface area (Å²) in [5.74, 6) is -2.64. The first kappa shape index (κ1) is 22.2. The molecule has 0 radical (unpaired) electrons. The van der Waals surface area contributed by atoms with Gasteiger partial charge in [0.05, 0.1) is 18.1 Å². The number of benzene rings is 1. The third-order valence-electron chi connectivity index (χ3n) is 4.19. The Morgan fingerprint density at radius 1 is 1.38 bits per heavy atom. The van der Waals surface area contributed by atoms with E-state index < -0.39 is 44.7 Å². The zero-order valence-corrected chi connectivity index (χ0v) is 18.2. The molecule has 0 saturated heterocycles. The van der Waals surface area contributed by atoms with E-state index in [4.69, 9.17) is 27.9 Å². The van der Waals surface area contributed by atoms with Gasteiger partial charge in [0.1, 0.15) is 15.2 Å². The van der Waals surface area contributed by atoms with Crippen LogP contribution in [-0.2, 0) is 10.0 Å². The Hall–Kier alpha value is -1.50. The largest absolute Gasteiger partial charge is 0.497 e. The van der Waals surface area contributed by atoms with Gasteiger partial charge in [-0.05, 0) is 46.1 Å². The lowest BCUT2D eigenvalue weighted by atomic mass is 10.3. The maximum Gasteiger partial charge on any atom is 0.393 e. The van der Waals surface area contributed by atoms with Gasteiger partial charge in [-0.15, -0.1) is 0 Å². The molecule has 1 fully saturated rings. The third-order valence-corrected chi connectivity index (χ3v) is 7.03. The normalized spacial score (nSPS) is 19.1. The van der Waals surface area contributed by atoms with E-state index in [9.17, 15) is 26.4 Å². The number of alkyl halides is 3. The number of hydrogen-bond donors (Lipinski definition) is 1. The summed E-state index contributed by atoms with van der Waals surface area (Å²) in [5.41, 5.74) is -0.481. The van der Waals surface area contributed by atoms with Gasteiger partial charge in [0.2, 0.25) is 5.28 Å². The smallest absolute Gasteiger partial charge is 0.393 e. The van der Waals surface area contributed by atoms with E-state index >= 15 is 0 Å². The topological polar surface area (TPSA) is 90.3 Å². The van der Waals surface area contributed by atoms with Crippen LogP contribution < -0.4 is 9.46 Å². The number of aromatic nitrogens is 2. The van der Waals surface area contributed by atoms with Crippen molar-refractivity contribution in [2.45, 2.75) is 23.5 Å². The molecule has 0 unspecified atom stereocenters. The van der Waals surface area contributed by atoms with Crippen LogP contribution in [0.5, 0.6) is 5.75 Å². The number of nitrogens with zero attached hydrogens (tertiary/aromatic N) is 2. The Labute approximate surface area is 181 Å². The Kier molecular flexibility index (Phi) is 5.84. The SMILES string of the molecule is COc1ccc(Cl)c(S(=O)(=O)NC(=O)c2nc(Cl)n([C@H]3C[C@@H]3C(F)(F)F)c2Br)c1. The van der Waals surface area contributed by atoms with Gasteiger partial charge in [-0.1, -0.05) is 11.6 Å². The molecule has 1 aliphatic rings. The Morgan fingerprint density at radius 3 is 2.59 bits per heavy atom. The minimum atomic E-state index is -4.43. The van der Waals surface area contributed by atoms with Crippen molar-refractivity contribution in [2.75, 3.05) is 7.11 Å². The number of hydrogen-bond acceptors (Lipinski definition) is 5. The second kappa shape index (κ2) is 7.64. The lowest BCUT2D eigenvalue weighted by Gasteiger charge is -2.10. The molecule has 1 N–H and O–H groups in total. The molecule has 0 spiro atoms. The molecular formula is C15H11BrCl2F3N3O4S. The zero-order chi connectivity index (χ0) is 21.7. The van der Waals surface area contributed by atoms with Crippen LogP contribution in [0.2, 0.25) is 10.3 Å². The summed E-state index contributed by atoms with van der Waals surface area (Å²) in [7, 11) is -3.12. The van der Waals surface area contributed by atoms with Crippen molar-refractivity contribution in [3.8, 4) is 5.75 Å². The van der Waals surface area contributed by atoms with E-state index in [1.54, 1.807) is 4.72 Å². The molecule has 2 aromatic rings. The van der Waals surface area contributed by atoms with Crippen molar-refractivity contribution >= 4 is 55.1 Å². The fourth-order valence-corrected chi connectivity index (χ4v) is 5.24. The highest BCUT2D eigenvalue weighted by Gasteiger charge is 2.57. The fraction of sp³-hybridized carbons (Fsp3) is 0.333.